The zero-order valence-corrected chi connectivity index (χ0v) is 13.3. The normalized spacial score (nSPS) is 13.3. The van der Waals surface area contributed by atoms with Crippen LogP contribution in [-0.2, 0) is 6.42 Å². The van der Waals surface area contributed by atoms with Crippen LogP contribution in [0, 0.1) is 12.8 Å². The number of hydrogen-bond donors (Lipinski definition) is 1. The largest absolute Gasteiger partial charge is 0.314 e. The van der Waals surface area contributed by atoms with E-state index in [4.69, 9.17) is 4.98 Å². The van der Waals surface area contributed by atoms with Crippen LogP contribution in [0.15, 0.2) is 6.07 Å². The van der Waals surface area contributed by atoms with Crippen molar-refractivity contribution in [2.45, 2.75) is 66.3 Å². The number of aromatic nitrogens is 2. The molecule has 0 spiro atoms. The van der Waals surface area contributed by atoms with Gasteiger partial charge in [-0.15, -0.1) is 0 Å². The van der Waals surface area contributed by atoms with Gasteiger partial charge in [0.05, 0.1) is 0 Å². The van der Waals surface area contributed by atoms with Gasteiger partial charge in [0.2, 0.25) is 0 Å². The lowest BCUT2D eigenvalue weighted by Crippen LogP contribution is -2.32. The van der Waals surface area contributed by atoms with E-state index in [1.807, 2.05) is 0 Å². The maximum atomic E-state index is 4.71. The van der Waals surface area contributed by atoms with E-state index < -0.39 is 0 Å². The molecule has 0 saturated carbocycles. The lowest BCUT2D eigenvalue weighted by atomic mass is 9.99. The highest BCUT2D eigenvalue weighted by atomic mass is 14.9. The van der Waals surface area contributed by atoms with Crippen molar-refractivity contribution in [1.29, 1.82) is 0 Å². The smallest absolute Gasteiger partial charge is 0.131 e. The molecule has 1 atom stereocenters. The molecule has 0 aliphatic heterocycles. The Labute approximate surface area is 118 Å². The summed E-state index contributed by atoms with van der Waals surface area (Å²) in [6.45, 7) is 14.1. The van der Waals surface area contributed by atoms with E-state index in [2.05, 4.69) is 57.9 Å². The van der Waals surface area contributed by atoms with Crippen LogP contribution >= 0.6 is 0 Å². The van der Waals surface area contributed by atoms with Gasteiger partial charge in [-0.1, -0.05) is 34.6 Å². The maximum Gasteiger partial charge on any atom is 0.131 e. The molecular formula is C16H29N3. The van der Waals surface area contributed by atoms with Crippen LogP contribution < -0.4 is 5.32 Å². The fraction of sp³-hybridized carbons (Fsp3) is 0.750. The second-order valence-corrected chi connectivity index (χ2v) is 6.10. The molecule has 0 bridgehead atoms. The molecule has 1 heterocycles. The van der Waals surface area contributed by atoms with E-state index in [9.17, 15) is 0 Å². The zero-order valence-electron chi connectivity index (χ0n) is 13.3. The highest BCUT2D eigenvalue weighted by Crippen LogP contribution is 2.14. The number of nitrogens with one attached hydrogen (secondary N) is 1. The quantitative estimate of drug-likeness (QED) is 0.818. The molecular weight excluding hydrogens is 234 g/mol. The Morgan fingerprint density at radius 2 is 1.84 bits per heavy atom. The molecule has 0 aromatic carbocycles. The maximum absolute atomic E-state index is 4.71. The van der Waals surface area contributed by atoms with Crippen LogP contribution in [0.2, 0.25) is 0 Å². The summed E-state index contributed by atoms with van der Waals surface area (Å²) in [4.78, 5) is 9.23. The molecule has 0 aliphatic rings. The van der Waals surface area contributed by atoms with E-state index in [0.717, 1.165) is 24.5 Å². The molecule has 1 aromatic rings. The first-order valence-electron chi connectivity index (χ1n) is 7.50. The molecule has 108 valence electrons. The monoisotopic (exact) mass is 263 g/mol. The van der Waals surface area contributed by atoms with Crippen molar-refractivity contribution in [2.75, 3.05) is 6.54 Å². The first-order chi connectivity index (χ1) is 8.92. The lowest BCUT2D eigenvalue weighted by Gasteiger charge is -2.20. The number of hydrogen-bond acceptors (Lipinski definition) is 3. The minimum absolute atomic E-state index is 0.390. The van der Waals surface area contributed by atoms with Gasteiger partial charge in [-0.2, -0.15) is 0 Å². The Balaban J connectivity index is 2.83. The molecule has 0 fully saturated rings. The SMILES string of the molecule is CCNC(Cc1cc(C)nc(C(C)C)n1)CC(C)C. The summed E-state index contributed by atoms with van der Waals surface area (Å²) in [6, 6.07) is 2.63. The Hall–Kier alpha value is -0.960. The van der Waals surface area contributed by atoms with Crippen molar-refractivity contribution < 1.29 is 0 Å². The van der Waals surface area contributed by atoms with Gasteiger partial charge in [0.25, 0.3) is 0 Å². The van der Waals surface area contributed by atoms with Crippen LogP contribution in [0.3, 0.4) is 0 Å². The standard InChI is InChI=1S/C16H29N3/c1-7-17-14(8-11(2)3)10-15-9-13(6)18-16(19-15)12(4)5/h9,11-12,14,17H,7-8,10H2,1-6H3. The highest BCUT2D eigenvalue weighted by Gasteiger charge is 2.13. The second kappa shape index (κ2) is 7.59. The lowest BCUT2D eigenvalue weighted by molar-refractivity contribution is 0.420. The van der Waals surface area contributed by atoms with E-state index in [-0.39, 0.29) is 0 Å². The van der Waals surface area contributed by atoms with Gasteiger partial charge in [-0.25, -0.2) is 9.97 Å². The topological polar surface area (TPSA) is 37.8 Å². The minimum atomic E-state index is 0.390. The fourth-order valence-corrected chi connectivity index (χ4v) is 2.37. The summed E-state index contributed by atoms with van der Waals surface area (Å²) in [5, 5.41) is 3.57. The van der Waals surface area contributed by atoms with Crippen LogP contribution in [0.1, 0.15) is 64.2 Å². The van der Waals surface area contributed by atoms with Crippen LogP contribution in [-0.4, -0.2) is 22.6 Å². The molecule has 0 amide bonds. The van der Waals surface area contributed by atoms with E-state index >= 15 is 0 Å². The predicted molar refractivity (Wildman–Crippen MR) is 81.5 cm³/mol. The van der Waals surface area contributed by atoms with Gasteiger partial charge in [-0.3, -0.25) is 0 Å². The third kappa shape index (κ3) is 5.68. The minimum Gasteiger partial charge on any atom is -0.314 e. The summed E-state index contributed by atoms with van der Waals surface area (Å²) < 4.78 is 0. The summed E-state index contributed by atoms with van der Waals surface area (Å²) in [5.41, 5.74) is 2.25. The third-order valence-electron chi connectivity index (χ3n) is 3.15. The van der Waals surface area contributed by atoms with Gasteiger partial charge >= 0.3 is 0 Å². The molecule has 19 heavy (non-hydrogen) atoms. The van der Waals surface area contributed by atoms with Gasteiger partial charge < -0.3 is 5.32 Å². The van der Waals surface area contributed by atoms with E-state index in [1.165, 1.54) is 12.1 Å². The third-order valence-corrected chi connectivity index (χ3v) is 3.15. The zero-order chi connectivity index (χ0) is 14.4. The Morgan fingerprint density at radius 3 is 2.37 bits per heavy atom. The average Bonchev–Trinajstić information content (AvgIpc) is 2.27. The van der Waals surface area contributed by atoms with Gasteiger partial charge in [0.1, 0.15) is 5.82 Å². The van der Waals surface area contributed by atoms with Crippen molar-refractivity contribution in [1.82, 2.24) is 15.3 Å². The Morgan fingerprint density at radius 1 is 1.16 bits per heavy atom. The van der Waals surface area contributed by atoms with Gasteiger partial charge in [-0.05, 0) is 31.9 Å². The molecule has 1 N–H and O–H groups in total. The van der Waals surface area contributed by atoms with Crippen molar-refractivity contribution in [3.8, 4) is 0 Å². The van der Waals surface area contributed by atoms with Gasteiger partial charge in [0.15, 0.2) is 0 Å². The predicted octanol–water partition coefficient (Wildman–Crippen LogP) is 3.48. The molecule has 0 radical (unpaired) electrons. The average molecular weight is 263 g/mol. The molecule has 1 aromatic heterocycles. The molecule has 1 unspecified atom stereocenters. The number of nitrogens with zero attached hydrogens (tertiary/aromatic N) is 2. The Bertz CT molecular complexity index is 386. The summed E-state index contributed by atoms with van der Waals surface area (Å²) in [7, 11) is 0. The van der Waals surface area contributed by atoms with E-state index in [1.54, 1.807) is 0 Å². The molecule has 1 rings (SSSR count). The molecule has 0 aliphatic carbocycles. The number of aryl methyl sites for hydroxylation is 1. The first-order valence-corrected chi connectivity index (χ1v) is 7.50. The summed E-state index contributed by atoms with van der Waals surface area (Å²) >= 11 is 0. The Kier molecular flexibility index (Phi) is 6.43. The number of rotatable bonds is 7. The highest BCUT2D eigenvalue weighted by molar-refractivity contribution is 5.13. The number of likely N-dealkylation sites (N-methyl/N-ethyl adjacent to an activating group) is 1. The summed E-state index contributed by atoms with van der Waals surface area (Å²) in [5.74, 6) is 2.06. The van der Waals surface area contributed by atoms with Crippen LogP contribution in [0.5, 0.6) is 0 Å². The fourth-order valence-electron chi connectivity index (χ4n) is 2.37. The van der Waals surface area contributed by atoms with Crippen molar-refractivity contribution >= 4 is 0 Å². The van der Waals surface area contributed by atoms with Gasteiger partial charge in [0, 0.05) is 29.8 Å². The van der Waals surface area contributed by atoms with Crippen LogP contribution in [0.4, 0.5) is 0 Å². The molecule has 0 saturated heterocycles. The molecule has 3 nitrogen and oxygen atoms in total. The van der Waals surface area contributed by atoms with E-state index in [0.29, 0.717) is 17.9 Å². The van der Waals surface area contributed by atoms with Crippen molar-refractivity contribution in [3.63, 3.8) is 0 Å². The van der Waals surface area contributed by atoms with Crippen LogP contribution in [0.25, 0.3) is 0 Å². The van der Waals surface area contributed by atoms with Crippen molar-refractivity contribution in [3.05, 3.63) is 23.3 Å². The molecule has 3 heteroatoms. The van der Waals surface area contributed by atoms with Crippen molar-refractivity contribution in [2.24, 2.45) is 5.92 Å². The first kappa shape index (κ1) is 16.1. The summed E-state index contributed by atoms with van der Waals surface area (Å²) in [6.07, 6.45) is 2.18. The second-order valence-electron chi connectivity index (χ2n) is 6.10.